The molecule has 0 bridgehead atoms. The van der Waals surface area contributed by atoms with E-state index < -0.39 is 11.7 Å². The zero-order chi connectivity index (χ0) is 14.5. The van der Waals surface area contributed by atoms with Crippen LogP contribution in [0, 0.1) is 11.3 Å². The lowest BCUT2D eigenvalue weighted by atomic mass is 10.1. The van der Waals surface area contributed by atoms with Gasteiger partial charge in [-0.15, -0.1) is 0 Å². The second kappa shape index (κ2) is 6.44. The first-order valence-electron chi connectivity index (χ1n) is 5.97. The van der Waals surface area contributed by atoms with Crippen LogP contribution >= 0.6 is 11.6 Å². The molecule has 1 rings (SSSR count). The molecule has 4 nitrogen and oxygen atoms in total. The van der Waals surface area contributed by atoms with E-state index >= 15 is 0 Å². The van der Waals surface area contributed by atoms with Gasteiger partial charge in [-0.25, -0.2) is 4.79 Å². The van der Waals surface area contributed by atoms with Gasteiger partial charge < -0.3 is 4.74 Å². The lowest BCUT2D eigenvalue weighted by molar-refractivity contribution is 0.0636. The number of nitrogens with zero attached hydrogens (tertiary/aromatic N) is 1. The van der Waals surface area contributed by atoms with E-state index in [0.717, 1.165) is 5.56 Å². The van der Waals surface area contributed by atoms with Crippen molar-refractivity contribution in [2.45, 2.75) is 39.2 Å². The van der Waals surface area contributed by atoms with Gasteiger partial charge in [0.25, 0.3) is 0 Å². The molecule has 0 spiro atoms. The van der Waals surface area contributed by atoms with E-state index in [1.165, 1.54) is 0 Å². The first-order valence-corrected chi connectivity index (χ1v) is 6.35. The zero-order valence-electron chi connectivity index (χ0n) is 11.3. The van der Waals surface area contributed by atoms with Crippen LogP contribution in [0.3, 0.4) is 0 Å². The molecule has 1 amide bonds. The summed E-state index contributed by atoms with van der Waals surface area (Å²) in [6.45, 7) is 5.40. The molecule has 0 radical (unpaired) electrons. The van der Waals surface area contributed by atoms with Gasteiger partial charge in [-0.1, -0.05) is 11.6 Å². The number of rotatable bonds is 3. The lowest BCUT2D eigenvalue weighted by Crippen LogP contribution is -2.27. The summed E-state index contributed by atoms with van der Waals surface area (Å²) >= 11 is 6.02. The van der Waals surface area contributed by atoms with E-state index in [2.05, 4.69) is 11.4 Å². The average Bonchev–Trinajstić information content (AvgIpc) is 2.27. The number of amides is 1. The summed E-state index contributed by atoms with van der Waals surface area (Å²) in [6, 6.07) is 7.21. The summed E-state index contributed by atoms with van der Waals surface area (Å²) in [5.74, 6) is 0. The maximum absolute atomic E-state index is 11.6. The number of carbonyl (C=O) groups is 1. The van der Waals surface area contributed by atoms with Crippen molar-refractivity contribution < 1.29 is 9.53 Å². The lowest BCUT2D eigenvalue weighted by Gasteiger charge is -2.19. The number of nitriles is 1. The molecule has 0 atom stereocenters. The highest BCUT2D eigenvalue weighted by Crippen LogP contribution is 2.22. The molecule has 19 heavy (non-hydrogen) atoms. The van der Waals surface area contributed by atoms with Crippen molar-refractivity contribution in [3.05, 3.63) is 28.8 Å². The molecule has 0 aliphatic heterocycles. The van der Waals surface area contributed by atoms with E-state index in [9.17, 15) is 4.79 Å². The quantitative estimate of drug-likeness (QED) is 0.905. The molecular formula is C14H17ClN2O2. The van der Waals surface area contributed by atoms with Crippen molar-refractivity contribution in [2.75, 3.05) is 5.32 Å². The van der Waals surface area contributed by atoms with Gasteiger partial charge in [0.2, 0.25) is 0 Å². The van der Waals surface area contributed by atoms with Crippen LogP contribution < -0.4 is 5.32 Å². The second-order valence-electron chi connectivity index (χ2n) is 5.09. The Labute approximate surface area is 118 Å². The summed E-state index contributed by atoms with van der Waals surface area (Å²) in [7, 11) is 0. The van der Waals surface area contributed by atoms with Crippen molar-refractivity contribution >= 4 is 23.4 Å². The highest BCUT2D eigenvalue weighted by molar-refractivity contribution is 6.31. The van der Waals surface area contributed by atoms with Gasteiger partial charge in [-0.2, -0.15) is 5.26 Å². The minimum atomic E-state index is -0.542. The Hall–Kier alpha value is -1.73. The van der Waals surface area contributed by atoms with E-state index in [4.69, 9.17) is 21.6 Å². The largest absolute Gasteiger partial charge is 0.444 e. The van der Waals surface area contributed by atoms with Gasteiger partial charge in [0.05, 0.1) is 6.07 Å². The van der Waals surface area contributed by atoms with Crippen molar-refractivity contribution in [3.63, 3.8) is 0 Å². The first-order chi connectivity index (χ1) is 8.81. The molecule has 5 heteroatoms. The van der Waals surface area contributed by atoms with E-state index in [0.29, 0.717) is 23.6 Å². The van der Waals surface area contributed by atoms with Crippen LogP contribution in [0.2, 0.25) is 5.02 Å². The van der Waals surface area contributed by atoms with Crippen molar-refractivity contribution in [1.29, 1.82) is 5.26 Å². The van der Waals surface area contributed by atoms with Gasteiger partial charge in [0.15, 0.2) is 0 Å². The van der Waals surface area contributed by atoms with Gasteiger partial charge >= 0.3 is 6.09 Å². The zero-order valence-corrected chi connectivity index (χ0v) is 12.0. The third-order valence-electron chi connectivity index (χ3n) is 2.20. The fraction of sp³-hybridized carbons (Fsp3) is 0.429. The third-order valence-corrected chi connectivity index (χ3v) is 2.57. The first kappa shape index (κ1) is 15.3. The van der Waals surface area contributed by atoms with Crippen LogP contribution in [0.4, 0.5) is 10.5 Å². The van der Waals surface area contributed by atoms with Gasteiger partial charge in [0.1, 0.15) is 5.60 Å². The number of benzene rings is 1. The van der Waals surface area contributed by atoms with Crippen LogP contribution in [0.15, 0.2) is 18.2 Å². The number of aryl methyl sites for hydroxylation is 1. The maximum Gasteiger partial charge on any atom is 0.412 e. The number of halogens is 1. The number of hydrogen-bond acceptors (Lipinski definition) is 3. The second-order valence-corrected chi connectivity index (χ2v) is 5.50. The minimum absolute atomic E-state index is 0.385. The Kier molecular flexibility index (Phi) is 5.20. The monoisotopic (exact) mass is 280 g/mol. The molecule has 0 aliphatic rings. The molecule has 1 N–H and O–H groups in total. The smallest absolute Gasteiger partial charge is 0.412 e. The van der Waals surface area contributed by atoms with E-state index in [-0.39, 0.29) is 0 Å². The predicted octanol–water partition coefficient (Wildman–Crippen LogP) is 4.14. The third kappa shape index (κ3) is 5.62. The predicted molar refractivity (Wildman–Crippen MR) is 75.2 cm³/mol. The molecule has 0 aliphatic carbocycles. The number of hydrogen-bond donors (Lipinski definition) is 1. The normalized spacial score (nSPS) is 10.7. The minimum Gasteiger partial charge on any atom is -0.444 e. The Morgan fingerprint density at radius 1 is 1.47 bits per heavy atom. The van der Waals surface area contributed by atoms with Crippen molar-refractivity contribution in [1.82, 2.24) is 0 Å². The summed E-state index contributed by atoms with van der Waals surface area (Å²) in [5.41, 5.74) is 0.892. The summed E-state index contributed by atoms with van der Waals surface area (Å²) < 4.78 is 5.16. The number of carbonyl (C=O) groups excluding carboxylic acids is 1. The highest BCUT2D eigenvalue weighted by atomic mass is 35.5. The molecule has 0 heterocycles. The van der Waals surface area contributed by atoms with Crippen molar-refractivity contribution in [2.24, 2.45) is 0 Å². The van der Waals surface area contributed by atoms with Gasteiger partial charge in [-0.3, -0.25) is 5.32 Å². The molecule has 0 aromatic heterocycles. The fourth-order valence-corrected chi connectivity index (χ4v) is 1.67. The summed E-state index contributed by atoms with van der Waals surface area (Å²) in [4.78, 5) is 11.6. The highest BCUT2D eigenvalue weighted by Gasteiger charge is 2.16. The molecule has 102 valence electrons. The Morgan fingerprint density at radius 2 is 2.16 bits per heavy atom. The van der Waals surface area contributed by atoms with Crippen LogP contribution in [0.5, 0.6) is 0 Å². The SMILES string of the molecule is CC(C)(C)OC(=O)Nc1ccc(Cl)c(CCC#N)c1. The Balaban J connectivity index is 2.74. The number of anilines is 1. The molecule has 0 unspecified atom stereocenters. The molecule has 0 fully saturated rings. The van der Waals surface area contributed by atoms with E-state index in [1.807, 2.05) is 0 Å². The van der Waals surface area contributed by atoms with Crippen molar-refractivity contribution in [3.8, 4) is 6.07 Å². The van der Waals surface area contributed by atoms with Crippen LogP contribution in [0.25, 0.3) is 0 Å². The van der Waals surface area contributed by atoms with Crippen LogP contribution in [-0.4, -0.2) is 11.7 Å². The molecule has 1 aromatic rings. The average molecular weight is 281 g/mol. The molecule has 0 saturated carbocycles. The van der Waals surface area contributed by atoms with E-state index in [1.54, 1.807) is 39.0 Å². The fourth-order valence-electron chi connectivity index (χ4n) is 1.46. The molecule has 1 aromatic carbocycles. The van der Waals surface area contributed by atoms with Gasteiger partial charge in [-0.05, 0) is 51.0 Å². The van der Waals surface area contributed by atoms with Gasteiger partial charge in [0, 0.05) is 17.1 Å². The number of nitrogens with one attached hydrogen (secondary N) is 1. The standard InChI is InChI=1S/C14H17ClN2O2/c1-14(2,3)19-13(18)17-11-6-7-12(15)10(9-11)5-4-8-16/h6-7,9H,4-5H2,1-3H3,(H,17,18). The van der Waals surface area contributed by atoms with Crippen LogP contribution in [0.1, 0.15) is 32.8 Å². The number of ether oxygens (including phenoxy) is 1. The maximum atomic E-state index is 11.6. The summed E-state index contributed by atoms with van der Waals surface area (Å²) in [6.07, 6.45) is 0.426. The molecule has 0 saturated heterocycles. The Morgan fingerprint density at radius 3 is 2.74 bits per heavy atom. The summed E-state index contributed by atoms with van der Waals surface area (Å²) in [5, 5.41) is 11.8. The Bertz CT molecular complexity index is 501. The molecular weight excluding hydrogens is 264 g/mol. The topological polar surface area (TPSA) is 62.1 Å². The van der Waals surface area contributed by atoms with Crippen LogP contribution in [-0.2, 0) is 11.2 Å².